The largest absolute Gasteiger partial charge is 0.467 e. The molecule has 0 aromatic carbocycles. The minimum Gasteiger partial charge on any atom is -0.467 e. The first kappa shape index (κ1) is 15.4. The second kappa shape index (κ2) is 7.74. The van der Waals surface area contributed by atoms with E-state index in [2.05, 4.69) is 6.92 Å². The van der Waals surface area contributed by atoms with Crippen LogP contribution in [0.5, 0.6) is 0 Å². The van der Waals surface area contributed by atoms with E-state index in [1.165, 1.54) is 0 Å². The minimum atomic E-state index is -0.617. The molecular weight excluding hydrogens is 274 g/mol. The van der Waals surface area contributed by atoms with Crippen molar-refractivity contribution in [3.8, 4) is 0 Å². The average Bonchev–Trinajstić information content (AvgIpc) is 3.09. The van der Waals surface area contributed by atoms with Gasteiger partial charge in [-0.05, 0) is 30.7 Å². The van der Waals surface area contributed by atoms with Gasteiger partial charge in [-0.3, -0.25) is 4.79 Å². The van der Waals surface area contributed by atoms with Gasteiger partial charge in [0.2, 0.25) is 5.91 Å². The van der Waals surface area contributed by atoms with Crippen molar-refractivity contribution in [2.75, 3.05) is 18.1 Å². The van der Waals surface area contributed by atoms with E-state index in [1.54, 1.807) is 30.2 Å². The van der Waals surface area contributed by atoms with Gasteiger partial charge in [0.1, 0.15) is 11.9 Å². The molecule has 0 aliphatic carbocycles. The zero-order chi connectivity index (χ0) is 14.4. The quantitative estimate of drug-likeness (QED) is 0.786. The van der Waals surface area contributed by atoms with E-state index in [0.29, 0.717) is 18.6 Å². The Bertz CT molecular complexity index is 407. The normalized spacial score (nSPS) is 20.3. The van der Waals surface area contributed by atoms with E-state index in [1.807, 2.05) is 4.90 Å². The second-order valence-corrected chi connectivity index (χ2v) is 6.49. The van der Waals surface area contributed by atoms with Crippen molar-refractivity contribution in [2.24, 2.45) is 0 Å². The van der Waals surface area contributed by atoms with E-state index in [-0.39, 0.29) is 11.9 Å². The fraction of sp³-hybridized carbons (Fsp3) is 0.667. The van der Waals surface area contributed by atoms with E-state index in [0.717, 1.165) is 30.9 Å². The Kier molecular flexibility index (Phi) is 5.98. The van der Waals surface area contributed by atoms with Gasteiger partial charge in [-0.2, -0.15) is 11.8 Å². The fourth-order valence-electron chi connectivity index (χ4n) is 2.71. The molecule has 1 aliphatic heterocycles. The fourth-order valence-corrected chi connectivity index (χ4v) is 3.32. The number of hydrogen-bond acceptors (Lipinski definition) is 4. The van der Waals surface area contributed by atoms with E-state index in [9.17, 15) is 9.90 Å². The maximum absolute atomic E-state index is 12.2. The molecular formula is C15H23NO3S. The van der Waals surface area contributed by atoms with Crippen molar-refractivity contribution in [3.63, 3.8) is 0 Å². The summed E-state index contributed by atoms with van der Waals surface area (Å²) < 4.78 is 5.22. The van der Waals surface area contributed by atoms with Crippen LogP contribution in [0.2, 0.25) is 0 Å². The molecule has 2 rings (SSSR count). The molecule has 0 spiro atoms. The standard InChI is InChI=1S/C15H23NO3S/c1-2-20-10-7-15(18)16-8-3-5-12(16)11-13(17)14-6-4-9-19-14/h4,6,9,12-13,17H,2-3,5,7-8,10-11H2,1H3. The van der Waals surface area contributed by atoms with Crippen molar-refractivity contribution in [1.82, 2.24) is 4.90 Å². The predicted molar refractivity (Wildman–Crippen MR) is 80.6 cm³/mol. The van der Waals surface area contributed by atoms with Crippen molar-refractivity contribution >= 4 is 17.7 Å². The third-order valence-corrected chi connectivity index (χ3v) is 4.63. The van der Waals surface area contributed by atoms with Crippen LogP contribution in [0.25, 0.3) is 0 Å². The molecule has 5 heteroatoms. The van der Waals surface area contributed by atoms with Gasteiger partial charge in [-0.15, -0.1) is 0 Å². The summed E-state index contributed by atoms with van der Waals surface area (Å²) >= 11 is 1.80. The average molecular weight is 297 g/mol. The highest BCUT2D eigenvalue weighted by Gasteiger charge is 2.30. The Morgan fingerprint density at radius 1 is 1.65 bits per heavy atom. The third-order valence-electron chi connectivity index (χ3n) is 3.73. The highest BCUT2D eigenvalue weighted by molar-refractivity contribution is 7.99. The number of carbonyl (C=O) groups excluding carboxylic acids is 1. The molecule has 0 bridgehead atoms. The first-order chi connectivity index (χ1) is 9.72. The highest BCUT2D eigenvalue weighted by Crippen LogP contribution is 2.28. The lowest BCUT2D eigenvalue weighted by Gasteiger charge is -2.26. The van der Waals surface area contributed by atoms with Gasteiger partial charge >= 0.3 is 0 Å². The summed E-state index contributed by atoms with van der Waals surface area (Å²) in [5, 5.41) is 10.1. The molecule has 1 amide bonds. The zero-order valence-corrected chi connectivity index (χ0v) is 12.8. The Hall–Kier alpha value is -0.940. The summed E-state index contributed by atoms with van der Waals surface area (Å²) in [6.07, 6.45) is 4.13. The number of aliphatic hydroxyl groups excluding tert-OH is 1. The van der Waals surface area contributed by atoms with Crippen LogP contribution in [0.15, 0.2) is 22.8 Å². The molecule has 112 valence electrons. The monoisotopic (exact) mass is 297 g/mol. The van der Waals surface area contributed by atoms with Crippen LogP contribution < -0.4 is 0 Å². The van der Waals surface area contributed by atoms with Crippen LogP contribution in [0, 0.1) is 0 Å². The van der Waals surface area contributed by atoms with Gasteiger partial charge in [-0.1, -0.05) is 6.92 Å². The molecule has 0 saturated carbocycles. The summed E-state index contributed by atoms with van der Waals surface area (Å²) in [6, 6.07) is 3.70. The lowest BCUT2D eigenvalue weighted by molar-refractivity contribution is -0.132. The summed E-state index contributed by atoms with van der Waals surface area (Å²) in [5.74, 6) is 2.75. The predicted octanol–water partition coefficient (Wildman–Crippen LogP) is 2.84. The SMILES string of the molecule is CCSCCC(=O)N1CCCC1CC(O)c1ccco1. The van der Waals surface area contributed by atoms with Crippen molar-refractivity contribution < 1.29 is 14.3 Å². The van der Waals surface area contributed by atoms with Crippen LogP contribution in [0.4, 0.5) is 0 Å². The molecule has 0 radical (unpaired) electrons. The molecule has 4 nitrogen and oxygen atoms in total. The molecule has 1 N–H and O–H groups in total. The number of thioether (sulfide) groups is 1. The first-order valence-corrected chi connectivity index (χ1v) is 8.46. The summed E-state index contributed by atoms with van der Waals surface area (Å²) in [6.45, 7) is 2.93. The molecule has 1 aliphatic rings. The van der Waals surface area contributed by atoms with Gasteiger partial charge in [-0.25, -0.2) is 0 Å². The third kappa shape index (κ3) is 4.03. The lowest BCUT2D eigenvalue weighted by atomic mass is 10.1. The van der Waals surface area contributed by atoms with Crippen molar-refractivity contribution in [2.45, 2.75) is 44.8 Å². The Morgan fingerprint density at radius 2 is 2.50 bits per heavy atom. The number of nitrogens with zero attached hydrogens (tertiary/aromatic N) is 1. The van der Waals surface area contributed by atoms with Crippen LogP contribution in [-0.4, -0.2) is 40.0 Å². The Balaban J connectivity index is 1.85. The molecule has 2 atom stereocenters. The summed E-state index contributed by atoms with van der Waals surface area (Å²) in [5.41, 5.74) is 0. The van der Waals surface area contributed by atoms with Gasteiger partial charge in [0, 0.05) is 31.2 Å². The molecule has 20 heavy (non-hydrogen) atoms. The molecule has 1 fully saturated rings. The summed E-state index contributed by atoms with van der Waals surface area (Å²) in [4.78, 5) is 14.2. The van der Waals surface area contributed by atoms with E-state index in [4.69, 9.17) is 4.42 Å². The number of carbonyl (C=O) groups is 1. The number of amides is 1. The molecule has 1 aromatic rings. The van der Waals surface area contributed by atoms with Crippen LogP contribution >= 0.6 is 11.8 Å². The smallest absolute Gasteiger partial charge is 0.223 e. The maximum atomic E-state index is 12.2. The van der Waals surface area contributed by atoms with Gasteiger partial charge < -0.3 is 14.4 Å². The molecule has 2 heterocycles. The first-order valence-electron chi connectivity index (χ1n) is 7.31. The van der Waals surface area contributed by atoms with E-state index >= 15 is 0 Å². The Morgan fingerprint density at radius 3 is 3.20 bits per heavy atom. The van der Waals surface area contributed by atoms with E-state index < -0.39 is 6.10 Å². The maximum Gasteiger partial charge on any atom is 0.223 e. The molecule has 1 aromatic heterocycles. The van der Waals surface area contributed by atoms with Crippen molar-refractivity contribution in [3.05, 3.63) is 24.2 Å². The number of hydrogen-bond donors (Lipinski definition) is 1. The molecule has 2 unspecified atom stereocenters. The number of aliphatic hydroxyl groups is 1. The molecule has 1 saturated heterocycles. The van der Waals surface area contributed by atoms with Gasteiger partial charge in [0.15, 0.2) is 0 Å². The van der Waals surface area contributed by atoms with Crippen LogP contribution in [0.3, 0.4) is 0 Å². The lowest BCUT2D eigenvalue weighted by Crippen LogP contribution is -2.36. The van der Waals surface area contributed by atoms with Crippen LogP contribution in [0.1, 0.15) is 44.5 Å². The second-order valence-electron chi connectivity index (χ2n) is 5.10. The number of furan rings is 1. The van der Waals surface area contributed by atoms with Gasteiger partial charge in [0.05, 0.1) is 6.26 Å². The zero-order valence-electron chi connectivity index (χ0n) is 12.0. The highest BCUT2D eigenvalue weighted by atomic mass is 32.2. The Labute approximate surface area is 124 Å². The number of likely N-dealkylation sites (tertiary alicyclic amines) is 1. The topological polar surface area (TPSA) is 53.7 Å². The minimum absolute atomic E-state index is 0.147. The van der Waals surface area contributed by atoms with Crippen LogP contribution in [-0.2, 0) is 4.79 Å². The number of rotatable bonds is 7. The van der Waals surface area contributed by atoms with Gasteiger partial charge in [0.25, 0.3) is 0 Å². The van der Waals surface area contributed by atoms with Crippen molar-refractivity contribution in [1.29, 1.82) is 0 Å². The summed E-state index contributed by atoms with van der Waals surface area (Å²) in [7, 11) is 0.